The van der Waals surface area contributed by atoms with Crippen LogP contribution in [0.15, 0.2) is 54.6 Å². The number of rotatable bonds is 6. The highest BCUT2D eigenvalue weighted by Gasteiger charge is 2.29. The van der Waals surface area contributed by atoms with Crippen LogP contribution in [0.5, 0.6) is 0 Å². The molecule has 0 bridgehead atoms. The lowest BCUT2D eigenvalue weighted by molar-refractivity contribution is -0.132. The van der Waals surface area contributed by atoms with Crippen molar-refractivity contribution in [2.24, 2.45) is 5.73 Å². The van der Waals surface area contributed by atoms with Gasteiger partial charge in [0.05, 0.1) is 6.10 Å². The first-order chi connectivity index (χ1) is 13.1. The molecule has 2 aromatic rings. The molecule has 0 unspecified atom stereocenters. The number of halogens is 1. The number of ether oxygens (including phenoxy) is 1. The van der Waals surface area contributed by atoms with Crippen molar-refractivity contribution in [2.75, 3.05) is 17.2 Å². The molecule has 3 rings (SSSR count). The van der Waals surface area contributed by atoms with E-state index < -0.39 is 6.10 Å². The maximum Gasteiger partial charge on any atom is 0.323 e. The zero-order chi connectivity index (χ0) is 19.1. The molecule has 7 nitrogen and oxygen atoms in total. The summed E-state index contributed by atoms with van der Waals surface area (Å²) in [5.41, 5.74) is 7.82. The fraction of sp³-hybridized carbons (Fsp3) is 0.300. The predicted octanol–water partition coefficient (Wildman–Crippen LogP) is 2.87. The minimum atomic E-state index is -0.434. The Bertz CT molecular complexity index is 788. The molecule has 1 aliphatic rings. The molecular weight excluding hydrogens is 380 g/mol. The van der Waals surface area contributed by atoms with Crippen LogP contribution in [-0.4, -0.2) is 30.7 Å². The maximum atomic E-state index is 12.2. The summed E-state index contributed by atoms with van der Waals surface area (Å²) in [5, 5.41) is 8.42. The van der Waals surface area contributed by atoms with Gasteiger partial charge in [0, 0.05) is 24.5 Å². The van der Waals surface area contributed by atoms with E-state index in [-0.39, 0.29) is 30.4 Å². The van der Waals surface area contributed by atoms with Gasteiger partial charge in [-0.1, -0.05) is 30.3 Å². The molecule has 0 aromatic heterocycles. The van der Waals surface area contributed by atoms with E-state index in [2.05, 4.69) is 16.0 Å². The Hall–Kier alpha value is -2.61. The number of carbonyl (C=O) groups excluding carboxylic acids is 2. The summed E-state index contributed by atoms with van der Waals surface area (Å²) < 4.78 is 5.59. The summed E-state index contributed by atoms with van der Waals surface area (Å²) in [6.07, 6.45) is 1.03. The molecule has 28 heavy (non-hydrogen) atoms. The van der Waals surface area contributed by atoms with Gasteiger partial charge in [-0.05, 0) is 42.7 Å². The quantitative estimate of drug-likeness (QED) is 0.594. The van der Waals surface area contributed by atoms with Crippen molar-refractivity contribution < 1.29 is 14.3 Å². The van der Waals surface area contributed by atoms with E-state index >= 15 is 0 Å². The topological polar surface area (TPSA) is 105 Å². The second-order valence-electron chi connectivity index (χ2n) is 6.42. The molecule has 0 spiro atoms. The van der Waals surface area contributed by atoms with Gasteiger partial charge >= 0.3 is 6.03 Å². The smallest absolute Gasteiger partial charge is 0.323 e. The first kappa shape index (κ1) is 21.7. The van der Waals surface area contributed by atoms with Crippen LogP contribution < -0.4 is 21.7 Å². The van der Waals surface area contributed by atoms with Gasteiger partial charge < -0.3 is 26.4 Å². The molecule has 1 saturated heterocycles. The van der Waals surface area contributed by atoms with Gasteiger partial charge in [-0.2, -0.15) is 0 Å². The molecule has 3 amide bonds. The van der Waals surface area contributed by atoms with E-state index in [0.29, 0.717) is 30.9 Å². The van der Waals surface area contributed by atoms with Crippen LogP contribution in [0.3, 0.4) is 0 Å². The van der Waals surface area contributed by atoms with E-state index in [4.69, 9.17) is 10.5 Å². The summed E-state index contributed by atoms with van der Waals surface area (Å²) >= 11 is 0. The molecule has 150 valence electrons. The Balaban J connectivity index is 0.00000280. The largest absolute Gasteiger partial charge is 0.364 e. The molecule has 2 atom stereocenters. The molecule has 8 heteroatoms. The highest BCUT2D eigenvalue weighted by Crippen LogP contribution is 2.19. The van der Waals surface area contributed by atoms with Crippen molar-refractivity contribution in [3.05, 3.63) is 60.2 Å². The second-order valence-corrected chi connectivity index (χ2v) is 6.42. The van der Waals surface area contributed by atoms with Crippen LogP contribution in [0.4, 0.5) is 16.2 Å². The second kappa shape index (κ2) is 10.7. The van der Waals surface area contributed by atoms with Crippen molar-refractivity contribution in [1.82, 2.24) is 5.32 Å². The fourth-order valence-electron chi connectivity index (χ4n) is 2.95. The van der Waals surface area contributed by atoms with Crippen LogP contribution in [0, 0.1) is 0 Å². The zero-order valence-corrected chi connectivity index (χ0v) is 16.2. The number of para-hydroxylation sites is 1. The number of anilines is 2. The number of urea groups is 1. The average Bonchev–Trinajstić information content (AvgIpc) is 3.16. The van der Waals surface area contributed by atoms with Gasteiger partial charge in [-0.15, -0.1) is 12.4 Å². The summed E-state index contributed by atoms with van der Waals surface area (Å²) in [4.78, 5) is 24.3. The number of nitrogens with one attached hydrogen (secondary N) is 3. The van der Waals surface area contributed by atoms with Gasteiger partial charge in [0.2, 0.25) is 5.91 Å². The van der Waals surface area contributed by atoms with Crippen LogP contribution in [0.2, 0.25) is 0 Å². The van der Waals surface area contributed by atoms with E-state index in [1.807, 2.05) is 48.5 Å². The molecule has 1 heterocycles. The van der Waals surface area contributed by atoms with Gasteiger partial charge in [0.1, 0.15) is 6.10 Å². The molecule has 0 aliphatic carbocycles. The predicted molar refractivity (Wildman–Crippen MR) is 112 cm³/mol. The number of carbonyl (C=O) groups is 2. The number of hydrogen-bond acceptors (Lipinski definition) is 4. The highest BCUT2D eigenvalue weighted by molar-refractivity contribution is 5.99. The summed E-state index contributed by atoms with van der Waals surface area (Å²) in [5.74, 6) is -0.133. The first-order valence-electron chi connectivity index (χ1n) is 8.99. The van der Waals surface area contributed by atoms with E-state index in [1.54, 1.807) is 6.07 Å². The van der Waals surface area contributed by atoms with Crippen LogP contribution >= 0.6 is 12.4 Å². The van der Waals surface area contributed by atoms with Gasteiger partial charge in [0.15, 0.2) is 0 Å². The van der Waals surface area contributed by atoms with Crippen molar-refractivity contribution >= 4 is 35.7 Å². The number of amides is 3. The Morgan fingerprint density at radius 3 is 2.43 bits per heavy atom. The Labute approximate surface area is 170 Å². The van der Waals surface area contributed by atoms with Gasteiger partial charge in [0.25, 0.3) is 0 Å². The van der Waals surface area contributed by atoms with E-state index in [1.165, 1.54) is 0 Å². The summed E-state index contributed by atoms with van der Waals surface area (Å²) in [6.45, 7) is 0.796. The maximum absolute atomic E-state index is 12.2. The molecule has 1 fully saturated rings. The summed E-state index contributed by atoms with van der Waals surface area (Å²) in [6, 6.07) is 16.2. The fourth-order valence-corrected chi connectivity index (χ4v) is 2.95. The first-order valence-corrected chi connectivity index (χ1v) is 8.99. The van der Waals surface area contributed by atoms with Crippen LogP contribution in [-0.2, 0) is 16.1 Å². The number of benzene rings is 2. The van der Waals surface area contributed by atoms with Gasteiger partial charge in [-0.25, -0.2) is 4.79 Å². The molecule has 0 radical (unpaired) electrons. The average molecular weight is 405 g/mol. The standard InChI is InChI=1S/C20H24N4O3.ClH/c21-12-17-9-10-18(27-17)19(25)22-13-14-5-4-8-16(11-14)24-20(26)23-15-6-2-1-3-7-15;/h1-8,11,17-18H,9-10,12-13,21H2,(H,22,25)(H2,23,24,26);1H/t17-,18+;/m1./s1. The zero-order valence-electron chi connectivity index (χ0n) is 15.4. The van der Waals surface area contributed by atoms with Crippen molar-refractivity contribution in [3.63, 3.8) is 0 Å². The molecule has 0 saturated carbocycles. The SMILES string of the molecule is Cl.NC[C@H]1CC[C@@H](C(=O)NCc2cccc(NC(=O)Nc3ccccc3)c2)O1. The Kier molecular flexibility index (Phi) is 8.25. The van der Waals surface area contributed by atoms with Crippen molar-refractivity contribution in [2.45, 2.75) is 31.6 Å². The lowest BCUT2D eigenvalue weighted by atomic mass is 10.1. The number of nitrogens with two attached hydrogens (primary N) is 1. The third-order valence-corrected chi connectivity index (χ3v) is 4.35. The van der Waals surface area contributed by atoms with Crippen LogP contribution in [0.25, 0.3) is 0 Å². The summed E-state index contributed by atoms with van der Waals surface area (Å²) in [7, 11) is 0. The minimum absolute atomic E-state index is 0. The Morgan fingerprint density at radius 2 is 1.71 bits per heavy atom. The minimum Gasteiger partial charge on any atom is -0.364 e. The lowest BCUT2D eigenvalue weighted by Crippen LogP contribution is -2.35. The third-order valence-electron chi connectivity index (χ3n) is 4.35. The van der Waals surface area contributed by atoms with Gasteiger partial charge in [-0.3, -0.25) is 4.79 Å². The molecule has 1 aliphatic heterocycles. The van der Waals surface area contributed by atoms with E-state index in [9.17, 15) is 9.59 Å². The lowest BCUT2D eigenvalue weighted by Gasteiger charge is -2.13. The molecule has 2 aromatic carbocycles. The Morgan fingerprint density at radius 1 is 1.00 bits per heavy atom. The number of hydrogen-bond donors (Lipinski definition) is 4. The monoisotopic (exact) mass is 404 g/mol. The normalized spacial score (nSPS) is 18.0. The molecule has 5 N–H and O–H groups in total. The van der Waals surface area contributed by atoms with Crippen LogP contribution in [0.1, 0.15) is 18.4 Å². The molecular formula is C20H25ClN4O3. The van der Waals surface area contributed by atoms with Crippen molar-refractivity contribution in [3.8, 4) is 0 Å². The van der Waals surface area contributed by atoms with E-state index in [0.717, 1.165) is 12.0 Å². The highest BCUT2D eigenvalue weighted by atomic mass is 35.5. The van der Waals surface area contributed by atoms with Crippen molar-refractivity contribution in [1.29, 1.82) is 0 Å². The third kappa shape index (κ3) is 6.23.